The minimum absolute atomic E-state index is 0.155. The molecule has 0 unspecified atom stereocenters. The number of hydrogen-bond donors (Lipinski definition) is 0. The number of hydrogen-bond acceptors (Lipinski definition) is 7. The molecule has 0 aliphatic heterocycles. The molecule has 0 bridgehead atoms. The maximum absolute atomic E-state index is 12.9. The third-order valence-corrected chi connectivity index (χ3v) is 7.14. The van der Waals surface area contributed by atoms with Gasteiger partial charge in [-0.2, -0.15) is 30.3 Å². The van der Waals surface area contributed by atoms with Crippen molar-refractivity contribution in [3.05, 3.63) is 47.4 Å². The van der Waals surface area contributed by atoms with E-state index in [1.165, 1.54) is 21.0 Å². The van der Waals surface area contributed by atoms with E-state index in [2.05, 4.69) is 15.2 Å². The smallest absolute Gasteiger partial charge is 0.203 e. The molecule has 0 spiro atoms. The molecule has 0 saturated carbocycles. The number of halogens is 1. The van der Waals surface area contributed by atoms with Crippen LogP contribution in [0.4, 0.5) is 0 Å². The summed E-state index contributed by atoms with van der Waals surface area (Å²) < 4.78 is 51.9. The highest BCUT2D eigenvalue weighted by Crippen LogP contribution is 2.31. The third kappa shape index (κ3) is 3.25. The SMILES string of the molecule is Cc1c(Cl)c(-c2ccccc2)nn1S(=O)(=O)c1ncn(S(=O)(=O)N(C)C)n1. The third-order valence-electron chi connectivity index (χ3n) is 3.66. The van der Waals surface area contributed by atoms with Crippen LogP contribution >= 0.6 is 11.6 Å². The Balaban J connectivity index is 2.11. The molecular formula is C14H15ClN6O4S2. The molecule has 0 radical (unpaired) electrons. The van der Waals surface area contributed by atoms with Crippen LogP contribution in [0.2, 0.25) is 5.02 Å². The second-order valence-corrected chi connectivity index (χ2v) is 9.69. The van der Waals surface area contributed by atoms with Crippen molar-refractivity contribution in [2.45, 2.75) is 12.1 Å². The Kier molecular flexibility index (Phi) is 4.84. The Labute approximate surface area is 161 Å². The predicted molar refractivity (Wildman–Crippen MR) is 98.0 cm³/mol. The van der Waals surface area contributed by atoms with Crippen molar-refractivity contribution in [2.75, 3.05) is 14.1 Å². The van der Waals surface area contributed by atoms with Crippen molar-refractivity contribution in [1.29, 1.82) is 0 Å². The lowest BCUT2D eigenvalue weighted by Gasteiger charge is -2.09. The lowest BCUT2D eigenvalue weighted by molar-refractivity contribution is 0.502. The zero-order chi connectivity index (χ0) is 20.0. The largest absolute Gasteiger partial charge is 0.323 e. The molecule has 0 fully saturated rings. The summed E-state index contributed by atoms with van der Waals surface area (Å²) in [6, 6.07) is 8.82. The van der Waals surface area contributed by atoms with E-state index in [4.69, 9.17) is 11.6 Å². The molecule has 0 amide bonds. The van der Waals surface area contributed by atoms with Crippen molar-refractivity contribution in [3.8, 4) is 11.3 Å². The van der Waals surface area contributed by atoms with Gasteiger partial charge in [-0.25, -0.2) is 4.98 Å². The molecule has 144 valence electrons. The van der Waals surface area contributed by atoms with Crippen LogP contribution < -0.4 is 0 Å². The summed E-state index contributed by atoms with van der Waals surface area (Å²) in [6.45, 7) is 1.48. The van der Waals surface area contributed by atoms with Gasteiger partial charge in [-0.1, -0.05) is 41.9 Å². The fourth-order valence-corrected chi connectivity index (χ4v) is 4.37. The van der Waals surface area contributed by atoms with Crippen molar-refractivity contribution >= 4 is 31.8 Å². The molecule has 3 rings (SSSR count). The number of rotatable bonds is 5. The van der Waals surface area contributed by atoms with Crippen LogP contribution in [0.5, 0.6) is 0 Å². The first-order chi connectivity index (χ1) is 12.6. The lowest BCUT2D eigenvalue weighted by Crippen LogP contribution is -2.29. The van der Waals surface area contributed by atoms with Crippen molar-refractivity contribution in [3.63, 3.8) is 0 Å². The zero-order valence-corrected chi connectivity index (χ0v) is 16.9. The highest BCUT2D eigenvalue weighted by atomic mass is 35.5. The molecule has 13 heteroatoms. The topological polar surface area (TPSA) is 120 Å². The van der Waals surface area contributed by atoms with Gasteiger partial charge in [-0.05, 0) is 6.92 Å². The van der Waals surface area contributed by atoms with Crippen LogP contribution in [0.3, 0.4) is 0 Å². The number of nitrogens with zero attached hydrogens (tertiary/aromatic N) is 6. The predicted octanol–water partition coefficient (Wildman–Crippen LogP) is 0.995. The Hall–Kier alpha value is -2.28. The summed E-state index contributed by atoms with van der Waals surface area (Å²) >= 11 is 6.26. The number of benzene rings is 1. The summed E-state index contributed by atoms with van der Waals surface area (Å²) in [7, 11) is -5.77. The molecule has 0 aliphatic rings. The fraction of sp³-hybridized carbons (Fsp3) is 0.214. The van der Waals surface area contributed by atoms with Gasteiger partial charge in [0.2, 0.25) is 0 Å². The van der Waals surface area contributed by atoms with E-state index in [-0.39, 0.29) is 16.4 Å². The normalized spacial score (nSPS) is 12.6. The van der Waals surface area contributed by atoms with Gasteiger partial charge in [0.15, 0.2) is 0 Å². The van der Waals surface area contributed by atoms with Gasteiger partial charge < -0.3 is 0 Å². The van der Waals surface area contributed by atoms with Gasteiger partial charge in [0, 0.05) is 19.7 Å². The minimum Gasteiger partial charge on any atom is -0.203 e. The molecule has 27 heavy (non-hydrogen) atoms. The van der Waals surface area contributed by atoms with Crippen LogP contribution in [0.15, 0.2) is 41.8 Å². The van der Waals surface area contributed by atoms with Crippen LogP contribution in [0.1, 0.15) is 5.69 Å². The van der Waals surface area contributed by atoms with Gasteiger partial charge >= 0.3 is 20.2 Å². The monoisotopic (exact) mass is 430 g/mol. The van der Waals surface area contributed by atoms with Crippen LogP contribution in [-0.4, -0.2) is 58.6 Å². The quantitative estimate of drug-likeness (QED) is 0.591. The molecule has 0 atom stereocenters. The molecule has 0 aliphatic carbocycles. The van der Waals surface area contributed by atoms with Crippen molar-refractivity contribution in [1.82, 2.24) is 27.7 Å². The van der Waals surface area contributed by atoms with E-state index >= 15 is 0 Å². The summed E-state index contributed by atoms with van der Waals surface area (Å²) in [5, 5.41) is 7.11. The van der Waals surface area contributed by atoms with Crippen LogP contribution in [0.25, 0.3) is 11.3 Å². The molecule has 10 nitrogen and oxygen atoms in total. The molecule has 1 aromatic carbocycles. The summed E-state index contributed by atoms with van der Waals surface area (Å²) in [5.74, 6) is 0. The average Bonchev–Trinajstić information content (AvgIpc) is 3.23. The molecule has 3 aromatic rings. The molecule has 2 heterocycles. The van der Waals surface area contributed by atoms with E-state index in [0.29, 0.717) is 13.7 Å². The maximum atomic E-state index is 12.9. The zero-order valence-electron chi connectivity index (χ0n) is 14.5. The number of aromatic nitrogens is 5. The first-order valence-corrected chi connectivity index (χ1v) is 10.7. The highest BCUT2D eigenvalue weighted by Gasteiger charge is 2.30. The molecule has 0 saturated heterocycles. The second-order valence-electron chi connectivity index (χ2n) is 5.65. The van der Waals surface area contributed by atoms with Gasteiger partial charge in [0.25, 0.3) is 5.16 Å². The van der Waals surface area contributed by atoms with Crippen molar-refractivity contribution in [2.24, 2.45) is 0 Å². The van der Waals surface area contributed by atoms with Gasteiger partial charge in [-0.15, -0.1) is 9.19 Å². The Bertz CT molecular complexity index is 1200. The first-order valence-electron chi connectivity index (χ1n) is 7.47. The van der Waals surface area contributed by atoms with Gasteiger partial charge in [0.1, 0.15) is 12.0 Å². The fourth-order valence-electron chi connectivity index (χ4n) is 2.19. The summed E-state index contributed by atoms with van der Waals surface area (Å²) in [6.07, 6.45) is 0.806. The minimum atomic E-state index is -4.35. The van der Waals surface area contributed by atoms with E-state index in [1.54, 1.807) is 30.3 Å². The van der Waals surface area contributed by atoms with Gasteiger partial charge in [-0.3, -0.25) is 0 Å². The van der Waals surface area contributed by atoms with Crippen LogP contribution in [-0.2, 0) is 20.2 Å². The molecule has 0 N–H and O–H groups in total. The average molecular weight is 431 g/mol. The summed E-state index contributed by atoms with van der Waals surface area (Å²) in [5.41, 5.74) is 1.06. The molecule has 2 aromatic heterocycles. The molecular weight excluding hydrogens is 416 g/mol. The van der Waals surface area contributed by atoms with Gasteiger partial charge in [0.05, 0.1) is 10.7 Å². The second kappa shape index (κ2) is 6.71. The highest BCUT2D eigenvalue weighted by molar-refractivity contribution is 7.89. The van der Waals surface area contributed by atoms with E-state index in [0.717, 1.165) is 10.6 Å². The lowest BCUT2D eigenvalue weighted by atomic mass is 10.1. The Morgan fingerprint density at radius 2 is 1.67 bits per heavy atom. The van der Waals surface area contributed by atoms with Crippen molar-refractivity contribution < 1.29 is 16.8 Å². The Morgan fingerprint density at radius 3 is 2.26 bits per heavy atom. The summed E-state index contributed by atoms with van der Waals surface area (Å²) in [4.78, 5) is 3.62. The van der Waals surface area contributed by atoms with E-state index in [1.807, 2.05) is 0 Å². The first kappa shape index (κ1) is 19.5. The Morgan fingerprint density at radius 1 is 1.04 bits per heavy atom. The van der Waals surface area contributed by atoms with E-state index in [9.17, 15) is 16.8 Å². The maximum Gasteiger partial charge on any atom is 0.323 e. The standard InChI is InChI=1S/C14H15ClN6O4S2/c1-10-12(15)13(11-7-5-4-6-8-11)17-21(10)26(22,23)14-16-9-20(18-14)27(24,25)19(2)3/h4-9H,1-3H3. The van der Waals surface area contributed by atoms with E-state index < -0.39 is 25.4 Å². The van der Waals surface area contributed by atoms with Crippen LogP contribution in [0, 0.1) is 6.92 Å².